The summed E-state index contributed by atoms with van der Waals surface area (Å²) in [5.41, 5.74) is 0. The van der Waals surface area contributed by atoms with E-state index in [1.54, 1.807) is 0 Å². The van der Waals surface area contributed by atoms with Gasteiger partial charge in [0.05, 0.1) is 0 Å². The molecule has 4 aliphatic heterocycles. The summed E-state index contributed by atoms with van der Waals surface area (Å²) in [4.78, 5) is 16.1. The van der Waals surface area contributed by atoms with Gasteiger partial charge in [0.2, 0.25) is 0 Å². The molecule has 0 radical (unpaired) electrons. The predicted molar refractivity (Wildman–Crippen MR) is 60.3 cm³/mol. The predicted octanol–water partition coefficient (Wildman–Crippen LogP) is 0.628. The number of fused-ring (bicyclic) bond motifs is 2. The molecule has 0 amide bonds. The van der Waals surface area contributed by atoms with Crippen LogP contribution in [0, 0.1) is 5.92 Å². The van der Waals surface area contributed by atoms with E-state index in [9.17, 15) is 9.90 Å². The number of nitrogens with zero attached hydrogens (tertiary/aromatic N) is 2. The third-order valence-electron chi connectivity index (χ3n) is 4.82. The first-order valence-corrected chi connectivity index (χ1v) is 6.45. The molecule has 4 aliphatic rings. The lowest BCUT2D eigenvalue weighted by molar-refractivity contribution is -0.142. The maximum absolute atomic E-state index is 11.3. The van der Waals surface area contributed by atoms with Crippen molar-refractivity contribution < 1.29 is 9.90 Å². The zero-order valence-corrected chi connectivity index (χ0v) is 9.80. The number of carboxylic acid groups (broad SMARTS) is 1. The van der Waals surface area contributed by atoms with Gasteiger partial charge >= 0.3 is 5.97 Å². The highest BCUT2D eigenvalue weighted by Gasteiger charge is 2.53. The van der Waals surface area contributed by atoms with Crippen LogP contribution in [0.25, 0.3) is 0 Å². The van der Waals surface area contributed by atoms with Gasteiger partial charge in [-0.05, 0) is 44.8 Å². The zero-order valence-electron chi connectivity index (χ0n) is 9.80. The normalized spacial score (nSPS) is 46.9. The van der Waals surface area contributed by atoms with E-state index in [4.69, 9.17) is 0 Å². The van der Waals surface area contributed by atoms with Gasteiger partial charge in [-0.2, -0.15) is 0 Å². The van der Waals surface area contributed by atoms with Gasteiger partial charge in [-0.25, -0.2) is 0 Å². The third-order valence-corrected chi connectivity index (χ3v) is 4.82. The van der Waals surface area contributed by atoms with Crippen LogP contribution in [0.5, 0.6) is 0 Å². The van der Waals surface area contributed by atoms with Crippen molar-refractivity contribution in [2.24, 2.45) is 5.92 Å². The van der Waals surface area contributed by atoms with Crippen LogP contribution in [0.2, 0.25) is 0 Å². The second kappa shape index (κ2) is 3.70. The fourth-order valence-electron chi connectivity index (χ4n) is 4.15. The van der Waals surface area contributed by atoms with Crippen molar-refractivity contribution in [2.75, 3.05) is 19.6 Å². The summed E-state index contributed by atoms with van der Waals surface area (Å²) < 4.78 is 0. The van der Waals surface area contributed by atoms with Crippen LogP contribution in [0.1, 0.15) is 26.2 Å². The molecule has 4 nitrogen and oxygen atoms in total. The first kappa shape index (κ1) is 10.5. The maximum atomic E-state index is 11.3. The number of likely N-dealkylation sites (tertiary alicyclic amines) is 1. The number of carboxylic acids is 1. The van der Waals surface area contributed by atoms with Crippen molar-refractivity contribution in [2.45, 2.75) is 44.3 Å². The number of rotatable bonds is 2. The summed E-state index contributed by atoms with van der Waals surface area (Å²) in [7, 11) is 0. The van der Waals surface area contributed by atoms with Gasteiger partial charge in [-0.1, -0.05) is 6.92 Å². The van der Waals surface area contributed by atoms with Crippen LogP contribution < -0.4 is 0 Å². The number of piperidine rings is 3. The molecule has 4 fully saturated rings. The SMILES string of the molecule is CCN1C(C(=O)O)CC2C1C1CCN2CC1. The number of aliphatic carboxylic acids is 1. The number of hydrogen-bond donors (Lipinski definition) is 1. The van der Waals surface area contributed by atoms with Gasteiger partial charge in [-0.3, -0.25) is 14.6 Å². The molecular formula is C12H20N2O2. The summed E-state index contributed by atoms with van der Waals surface area (Å²) in [6, 6.07) is 0.809. The first-order valence-electron chi connectivity index (χ1n) is 6.45. The highest BCUT2D eigenvalue weighted by atomic mass is 16.4. The molecular weight excluding hydrogens is 204 g/mol. The van der Waals surface area contributed by atoms with Gasteiger partial charge < -0.3 is 5.11 Å². The fraction of sp³-hybridized carbons (Fsp3) is 0.917. The Bertz CT molecular complexity index is 299. The van der Waals surface area contributed by atoms with Gasteiger partial charge in [0.1, 0.15) is 6.04 Å². The Morgan fingerprint density at radius 1 is 1.38 bits per heavy atom. The Morgan fingerprint density at radius 2 is 2.06 bits per heavy atom. The molecule has 3 atom stereocenters. The molecule has 0 aromatic carbocycles. The van der Waals surface area contributed by atoms with Crippen LogP contribution in [0.15, 0.2) is 0 Å². The van der Waals surface area contributed by atoms with E-state index in [1.165, 1.54) is 25.9 Å². The van der Waals surface area contributed by atoms with Crippen LogP contribution in [0.3, 0.4) is 0 Å². The second-order valence-electron chi connectivity index (χ2n) is 5.35. The molecule has 1 N–H and O–H groups in total. The van der Waals surface area contributed by atoms with Crippen molar-refractivity contribution in [3.8, 4) is 0 Å². The molecule has 4 heteroatoms. The van der Waals surface area contributed by atoms with Gasteiger partial charge in [-0.15, -0.1) is 0 Å². The van der Waals surface area contributed by atoms with E-state index in [2.05, 4.69) is 16.7 Å². The molecule has 4 heterocycles. The largest absolute Gasteiger partial charge is 0.480 e. The third kappa shape index (κ3) is 1.32. The Balaban J connectivity index is 1.88. The van der Waals surface area contributed by atoms with Crippen molar-refractivity contribution in [3.05, 3.63) is 0 Å². The summed E-state index contributed by atoms with van der Waals surface area (Å²) in [5.74, 6) is 0.121. The van der Waals surface area contributed by atoms with E-state index < -0.39 is 5.97 Å². The average Bonchev–Trinajstić information content (AvgIpc) is 2.71. The smallest absolute Gasteiger partial charge is 0.320 e. The second-order valence-corrected chi connectivity index (χ2v) is 5.35. The quantitative estimate of drug-likeness (QED) is 0.747. The summed E-state index contributed by atoms with van der Waals surface area (Å²) in [5, 5.41) is 9.29. The lowest BCUT2D eigenvalue weighted by atomic mass is 9.79. The Hall–Kier alpha value is -0.610. The molecule has 4 rings (SSSR count). The summed E-state index contributed by atoms with van der Waals surface area (Å²) >= 11 is 0. The Morgan fingerprint density at radius 3 is 2.62 bits per heavy atom. The minimum atomic E-state index is -0.628. The van der Waals surface area contributed by atoms with Gasteiger partial charge in [0.15, 0.2) is 0 Å². The average molecular weight is 224 g/mol. The maximum Gasteiger partial charge on any atom is 0.320 e. The minimum absolute atomic E-state index is 0.235. The Kier molecular flexibility index (Phi) is 2.44. The number of likely N-dealkylation sites (N-methyl/N-ethyl adjacent to an activating group) is 1. The van der Waals surface area contributed by atoms with Gasteiger partial charge in [0.25, 0.3) is 0 Å². The van der Waals surface area contributed by atoms with Crippen LogP contribution in [-0.4, -0.2) is 58.6 Å². The molecule has 0 aliphatic carbocycles. The highest BCUT2D eigenvalue weighted by Crippen LogP contribution is 2.42. The topological polar surface area (TPSA) is 43.8 Å². The molecule has 90 valence electrons. The summed E-state index contributed by atoms with van der Waals surface area (Å²) in [6.45, 7) is 5.35. The molecule has 2 bridgehead atoms. The van der Waals surface area contributed by atoms with E-state index in [0.717, 1.165) is 18.9 Å². The molecule has 16 heavy (non-hydrogen) atoms. The van der Waals surface area contributed by atoms with Crippen molar-refractivity contribution >= 4 is 5.97 Å². The zero-order chi connectivity index (χ0) is 11.3. The standard InChI is InChI=1S/C12H20N2O2/c1-2-14-10(12(15)16)7-9-11(14)8-3-5-13(9)6-4-8/h8-11H,2-7H2,1H3,(H,15,16). The van der Waals surface area contributed by atoms with Crippen molar-refractivity contribution in [1.29, 1.82) is 0 Å². The van der Waals surface area contributed by atoms with Crippen molar-refractivity contribution in [1.82, 2.24) is 9.80 Å². The lowest BCUT2D eigenvalue weighted by Crippen LogP contribution is -2.59. The molecule has 3 unspecified atom stereocenters. The Labute approximate surface area is 96.2 Å². The van der Waals surface area contributed by atoms with E-state index in [-0.39, 0.29) is 6.04 Å². The number of hydrogen-bond acceptors (Lipinski definition) is 3. The fourth-order valence-corrected chi connectivity index (χ4v) is 4.15. The molecule has 0 spiro atoms. The first-order chi connectivity index (χ1) is 7.72. The van der Waals surface area contributed by atoms with E-state index in [0.29, 0.717) is 12.1 Å². The van der Waals surface area contributed by atoms with Crippen LogP contribution in [-0.2, 0) is 4.79 Å². The lowest BCUT2D eigenvalue weighted by Gasteiger charge is -2.50. The van der Waals surface area contributed by atoms with E-state index >= 15 is 0 Å². The highest BCUT2D eigenvalue weighted by molar-refractivity contribution is 5.74. The molecule has 4 saturated heterocycles. The monoisotopic (exact) mass is 224 g/mol. The van der Waals surface area contributed by atoms with Crippen LogP contribution in [0.4, 0.5) is 0 Å². The van der Waals surface area contributed by atoms with Crippen molar-refractivity contribution in [3.63, 3.8) is 0 Å². The van der Waals surface area contributed by atoms with Gasteiger partial charge in [0, 0.05) is 12.1 Å². The minimum Gasteiger partial charge on any atom is -0.480 e. The number of carbonyl (C=O) groups is 1. The summed E-state index contributed by atoms with van der Waals surface area (Å²) in [6.07, 6.45) is 3.37. The van der Waals surface area contributed by atoms with E-state index in [1.807, 2.05) is 0 Å². The van der Waals surface area contributed by atoms with Crippen LogP contribution >= 0.6 is 0 Å². The molecule has 0 saturated carbocycles. The molecule has 0 aromatic rings. The molecule has 0 aromatic heterocycles.